The zero-order valence-electron chi connectivity index (χ0n) is 23.2. The lowest BCUT2D eigenvalue weighted by Crippen LogP contribution is -2.48. The van der Waals surface area contributed by atoms with Crippen LogP contribution in [0.1, 0.15) is 96.8 Å². The van der Waals surface area contributed by atoms with Crippen LogP contribution in [0.3, 0.4) is 0 Å². The molecule has 4 nitrogen and oxygen atoms in total. The molecule has 3 unspecified atom stereocenters. The molecule has 0 aliphatic rings. The third kappa shape index (κ3) is 9.77. The minimum Gasteiger partial charge on any atom is -0.127 e. The minimum atomic E-state index is -0.0557. The van der Waals surface area contributed by atoms with E-state index in [0.29, 0.717) is 11.8 Å². The van der Waals surface area contributed by atoms with Gasteiger partial charge in [0, 0.05) is 11.2 Å². The summed E-state index contributed by atoms with van der Waals surface area (Å²) in [7, 11) is 0. The number of para-hydroxylation sites is 1. The molecular weight excluding hydrogens is 472 g/mol. The average Bonchev–Trinajstić information content (AvgIpc) is 3.38. The number of hydrogen-bond donors (Lipinski definition) is 1. The van der Waals surface area contributed by atoms with Crippen LogP contribution in [-0.4, -0.2) is 15.0 Å². The molecule has 0 saturated heterocycles. The Balaban J connectivity index is 1.50. The molecule has 0 radical (unpaired) electrons. The van der Waals surface area contributed by atoms with Crippen LogP contribution in [0, 0.1) is 11.8 Å². The summed E-state index contributed by atoms with van der Waals surface area (Å²) in [5.41, 5.74) is 2.00. The number of thiol groups is 1. The average molecular weight is 520 g/mol. The van der Waals surface area contributed by atoms with Crippen molar-refractivity contribution in [2.24, 2.45) is 11.8 Å². The third-order valence-corrected chi connectivity index (χ3v) is 7.76. The van der Waals surface area contributed by atoms with Crippen molar-refractivity contribution >= 4 is 12.6 Å². The molecule has 1 heterocycles. The number of aromatic nitrogens is 4. The zero-order chi connectivity index (χ0) is 26.3. The fourth-order valence-corrected chi connectivity index (χ4v) is 5.19. The molecule has 5 heteroatoms. The Morgan fingerprint density at radius 1 is 0.811 bits per heavy atom. The molecule has 1 aromatic heterocycles. The van der Waals surface area contributed by atoms with Gasteiger partial charge in [0.1, 0.15) is 5.69 Å². The van der Waals surface area contributed by atoms with Crippen molar-refractivity contribution in [1.29, 1.82) is 0 Å². The second-order valence-corrected chi connectivity index (χ2v) is 11.1. The summed E-state index contributed by atoms with van der Waals surface area (Å²) in [6, 6.07) is 20.4. The number of nitrogens with zero attached hydrogens (tertiary/aromatic N) is 4. The van der Waals surface area contributed by atoms with Crippen LogP contribution in [0.5, 0.6) is 0 Å². The predicted octanol–water partition coefficient (Wildman–Crippen LogP) is 8.79. The molecule has 0 bridgehead atoms. The van der Waals surface area contributed by atoms with Crippen LogP contribution in [0.15, 0.2) is 72.8 Å². The normalized spacial score (nSPS) is 14.2. The molecule has 0 saturated carbocycles. The van der Waals surface area contributed by atoms with Gasteiger partial charge in [-0.05, 0) is 71.7 Å². The second kappa shape index (κ2) is 16.4. The van der Waals surface area contributed by atoms with Gasteiger partial charge in [0.05, 0.1) is 10.7 Å². The van der Waals surface area contributed by atoms with E-state index in [4.69, 9.17) is 22.8 Å². The molecule has 0 amide bonds. The molecule has 3 atom stereocenters. The van der Waals surface area contributed by atoms with E-state index in [2.05, 4.69) is 57.2 Å². The van der Waals surface area contributed by atoms with E-state index in [-0.39, 0.29) is 5.37 Å². The first-order valence-electron chi connectivity index (χ1n) is 14.4. The van der Waals surface area contributed by atoms with Crippen LogP contribution in [0.2, 0.25) is 0 Å². The molecule has 37 heavy (non-hydrogen) atoms. The van der Waals surface area contributed by atoms with Gasteiger partial charge in [0.25, 0.3) is 0 Å². The highest BCUT2D eigenvalue weighted by molar-refractivity contribution is 7.80. The van der Waals surface area contributed by atoms with Gasteiger partial charge in [-0.25, -0.2) is 0 Å². The third-order valence-electron chi connectivity index (χ3n) is 7.34. The van der Waals surface area contributed by atoms with E-state index in [9.17, 15) is 0 Å². The SMILES string of the molecule is CCCCCCCCC=CCCCC(C)C(C)CC(S)[n+]1nc(-c2ccccc2)nn1-c1ccccc1. The maximum atomic E-state index is 5.01. The minimum absolute atomic E-state index is 0.0557. The highest BCUT2D eigenvalue weighted by Gasteiger charge is 2.28. The number of hydrogen-bond acceptors (Lipinski definition) is 3. The Morgan fingerprint density at radius 2 is 1.43 bits per heavy atom. The molecule has 0 spiro atoms. The van der Waals surface area contributed by atoms with Crippen LogP contribution in [-0.2, 0) is 0 Å². The van der Waals surface area contributed by atoms with Crippen molar-refractivity contribution in [3.8, 4) is 17.1 Å². The van der Waals surface area contributed by atoms with Gasteiger partial charge >= 0.3 is 5.82 Å². The molecule has 200 valence electrons. The summed E-state index contributed by atoms with van der Waals surface area (Å²) >= 11 is 5.01. The molecule has 0 aliphatic carbocycles. The molecular formula is C32H47N4S+. The Labute approximate surface area is 230 Å². The molecule has 0 fully saturated rings. The van der Waals surface area contributed by atoms with E-state index in [1.54, 1.807) is 0 Å². The summed E-state index contributed by atoms with van der Waals surface area (Å²) in [5, 5.41) is 9.67. The van der Waals surface area contributed by atoms with E-state index < -0.39 is 0 Å². The Hall–Kier alpha value is -2.40. The highest BCUT2D eigenvalue weighted by atomic mass is 32.1. The first kappa shape index (κ1) is 29.2. The van der Waals surface area contributed by atoms with Crippen molar-refractivity contribution in [2.75, 3.05) is 0 Å². The van der Waals surface area contributed by atoms with Crippen LogP contribution in [0.25, 0.3) is 17.1 Å². The van der Waals surface area contributed by atoms with Crippen LogP contribution >= 0.6 is 12.6 Å². The largest absolute Gasteiger partial charge is 0.339 e. The topological polar surface area (TPSA) is 34.6 Å². The first-order valence-corrected chi connectivity index (χ1v) is 14.9. The Kier molecular flexibility index (Phi) is 13.0. The van der Waals surface area contributed by atoms with Gasteiger partial charge in [-0.15, -0.1) is 12.6 Å². The van der Waals surface area contributed by atoms with Gasteiger partial charge in [-0.3, -0.25) is 0 Å². The number of benzene rings is 2. The standard InChI is InChI=1S/C32H46N4S/c1-4-5-6-7-8-9-10-11-12-13-16-21-27(2)28(3)26-31(37)36-34-32(29-22-17-14-18-23-29)33-35(36)30-24-19-15-20-25-30/h11-12,14-15,17-20,22-25,27-28,31H,4-10,13,16,21,26H2,1-3H3/p+1. The summed E-state index contributed by atoms with van der Waals surface area (Å²) in [4.78, 5) is 3.83. The van der Waals surface area contributed by atoms with Crippen LogP contribution in [0.4, 0.5) is 0 Å². The summed E-state index contributed by atoms with van der Waals surface area (Å²) in [6.45, 7) is 7.01. The van der Waals surface area contributed by atoms with Crippen molar-refractivity contribution in [3.63, 3.8) is 0 Å². The van der Waals surface area contributed by atoms with Crippen molar-refractivity contribution in [2.45, 2.75) is 96.8 Å². The fraction of sp³-hybridized carbons (Fsp3) is 0.531. The quantitative estimate of drug-likeness (QED) is 0.0837. The summed E-state index contributed by atoms with van der Waals surface area (Å²) < 4.78 is 0. The number of tetrazole rings is 1. The number of rotatable bonds is 17. The first-order chi connectivity index (χ1) is 18.1. The van der Waals surface area contributed by atoms with Crippen molar-refractivity contribution in [3.05, 3.63) is 72.8 Å². The summed E-state index contributed by atoms with van der Waals surface area (Å²) in [5.74, 6) is 1.91. The monoisotopic (exact) mass is 519 g/mol. The van der Waals surface area contributed by atoms with Gasteiger partial charge < -0.3 is 0 Å². The predicted molar refractivity (Wildman–Crippen MR) is 159 cm³/mol. The maximum Gasteiger partial charge on any atom is 0.339 e. The Morgan fingerprint density at radius 3 is 2.14 bits per heavy atom. The molecule has 0 N–H and O–H groups in total. The lowest BCUT2D eigenvalue weighted by atomic mass is 9.88. The van der Waals surface area contributed by atoms with Crippen molar-refractivity contribution < 1.29 is 4.80 Å². The molecule has 2 aromatic carbocycles. The smallest absolute Gasteiger partial charge is 0.127 e. The summed E-state index contributed by atoms with van der Waals surface area (Å²) in [6.07, 6.45) is 18.9. The lowest BCUT2D eigenvalue weighted by molar-refractivity contribution is -0.823. The van der Waals surface area contributed by atoms with E-state index >= 15 is 0 Å². The molecule has 3 rings (SSSR count). The number of unbranched alkanes of at least 4 members (excludes halogenated alkanes) is 7. The Bertz CT molecular complexity index is 1030. The zero-order valence-corrected chi connectivity index (χ0v) is 24.1. The van der Waals surface area contributed by atoms with E-state index in [1.165, 1.54) is 64.2 Å². The van der Waals surface area contributed by atoms with E-state index in [0.717, 1.165) is 23.5 Å². The van der Waals surface area contributed by atoms with Crippen molar-refractivity contribution in [1.82, 2.24) is 15.0 Å². The van der Waals surface area contributed by atoms with Crippen LogP contribution < -0.4 is 4.80 Å². The maximum absolute atomic E-state index is 5.01. The van der Waals surface area contributed by atoms with Gasteiger partial charge in [-0.1, -0.05) is 108 Å². The lowest BCUT2D eigenvalue weighted by Gasteiger charge is -2.21. The molecule has 0 aliphatic heterocycles. The van der Waals surface area contributed by atoms with Gasteiger partial charge in [0.15, 0.2) is 5.37 Å². The number of allylic oxidation sites excluding steroid dienone is 2. The van der Waals surface area contributed by atoms with Gasteiger partial charge in [-0.2, -0.15) is 0 Å². The second-order valence-electron chi connectivity index (χ2n) is 10.5. The van der Waals surface area contributed by atoms with Gasteiger partial charge in [0.2, 0.25) is 0 Å². The highest BCUT2D eigenvalue weighted by Crippen LogP contribution is 2.27. The molecule has 3 aromatic rings. The van der Waals surface area contributed by atoms with E-state index in [1.807, 2.05) is 46.0 Å². The fourth-order valence-electron chi connectivity index (χ4n) is 4.71.